The maximum Gasteiger partial charge on any atom is 0.262 e. The van der Waals surface area contributed by atoms with Crippen molar-refractivity contribution in [1.82, 2.24) is 9.91 Å². The Morgan fingerprint density at radius 2 is 1.81 bits per heavy atom. The van der Waals surface area contributed by atoms with E-state index in [0.29, 0.717) is 11.4 Å². The van der Waals surface area contributed by atoms with Gasteiger partial charge in [0.2, 0.25) is 0 Å². The maximum absolute atomic E-state index is 14.4. The van der Waals surface area contributed by atoms with Crippen LogP contribution < -0.4 is 0 Å². The summed E-state index contributed by atoms with van der Waals surface area (Å²) >= 11 is 6.52. The van der Waals surface area contributed by atoms with Crippen molar-refractivity contribution in [3.8, 4) is 0 Å². The minimum atomic E-state index is -0.646. The van der Waals surface area contributed by atoms with Gasteiger partial charge in [0.15, 0.2) is 0 Å². The standard InChI is InChI=1S/C29H29ClFN3O3/c1-19-12-13-21(16-20(19)2)26-17-27(22-8-4-6-10-24(22)30)34(32-26)28(35)18-33(14-15-37-3)29(36)23-9-5-7-11-25(23)31/h4-13,16,27H,14-15,17-18H2,1-3H3. The lowest BCUT2D eigenvalue weighted by Gasteiger charge is -2.27. The second-order valence-electron chi connectivity index (χ2n) is 9.02. The molecule has 4 rings (SSSR count). The molecule has 1 heterocycles. The molecule has 0 N–H and O–H groups in total. The van der Waals surface area contributed by atoms with Crippen molar-refractivity contribution in [2.45, 2.75) is 26.3 Å². The molecule has 37 heavy (non-hydrogen) atoms. The van der Waals surface area contributed by atoms with Crippen LogP contribution in [0.3, 0.4) is 0 Å². The molecule has 2 amide bonds. The number of nitrogens with zero attached hydrogens (tertiary/aromatic N) is 3. The average Bonchev–Trinajstić information content (AvgIpc) is 3.33. The van der Waals surface area contributed by atoms with Crippen molar-refractivity contribution in [3.05, 3.63) is 105 Å². The van der Waals surface area contributed by atoms with Crippen LogP contribution in [-0.4, -0.2) is 54.2 Å². The molecule has 0 bridgehead atoms. The molecule has 1 unspecified atom stereocenters. The number of hydrogen-bond donors (Lipinski definition) is 0. The van der Waals surface area contributed by atoms with E-state index in [1.54, 1.807) is 12.1 Å². The number of carbonyl (C=O) groups excluding carboxylic acids is 2. The number of halogens is 2. The van der Waals surface area contributed by atoms with Gasteiger partial charge in [-0.05, 0) is 60.4 Å². The zero-order chi connectivity index (χ0) is 26.5. The average molecular weight is 522 g/mol. The van der Waals surface area contributed by atoms with E-state index in [2.05, 4.69) is 6.07 Å². The fraction of sp³-hybridized carbons (Fsp3) is 0.276. The highest BCUT2D eigenvalue weighted by molar-refractivity contribution is 6.31. The first-order chi connectivity index (χ1) is 17.8. The Labute approximate surface area is 221 Å². The number of benzene rings is 3. The fourth-order valence-electron chi connectivity index (χ4n) is 4.32. The molecule has 0 radical (unpaired) electrons. The van der Waals surface area contributed by atoms with E-state index in [9.17, 15) is 14.0 Å². The molecule has 0 spiro atoms. The molecule has 192 valence electrons. The number of carbonyl (C=O) groups is 2. The van der Waals surface area contributed by atoms with Crippen LogP contribution in [-0.2, 0) is 9.53 Å². The Balaban J connectivity index is 1.67. The van der Waals surface area contributed by atoms with E-state index >= 15 is 0 Å². The Bertz CT molecular complexity index is 1340. The summed E-state index contributed by atoms with van der Waals surface area (Å²) in [7, 11) is 1.50. The van der Waals surface area contributed by atoms with Crippen LogP contribution in [0.1, 0.15) is 45.1 Å². The lowest BCUT2D eigenvalue weighted by Crippen LogP contribution is -2.43. The number of ether oxygens (including phenoxy) is 1. The van der Waals surface area contributed by atoms with Crippen LogP contribution in [0.2, 0.25) is 5.02 Å². The van der Waals surface area contributed by atoms with E-state index in [4.69, 9.17) is 21.4 Å². The zero-order valence-corrected chi connectivity index (χ0v) is 21.8. The van der Waals surface area contributed by atoms with Gasteiger partial charge < -0.3 is 9.64 Å². The van der Waals surface area contributed by atoms with Gasteiger partial charge >= 0.3 is 0 Å². The molecule has 6 nitrogen and oxygen atoms in total. The van der Waals surface area contributed by atoms with E-state index < -0.39 is 23.7 Å². The first-order valence-electron chi connectivity index (χ1n) is 12.0. The molecular formula is C29H29ClFN3O3. The summed E-state index contributed by atoms with van der Waals surface area (Å²) in [5, 5.41) is 6.64. The first kappa shape index (κ1) is 26.5. The molecule has 1 atom stereocenters. The minimum Gasteiger partial charge on any atom is -0.383 e. The van der Waals surface area contributed by atoms with Crippen LogP contribution in [0.5, 0.6) is 0 Å². The lowest BCUT2D eigenvalue weighted by atomic mass is 9.96. The SMILES string of the molecule is COCCN(CC(=O)N1N=C(c2ccc(C)c(C)c2)CC1c1ccccc1Cl)C(=O)c1ccccc1F. The highest BCUT2D eigenvalue weighted by Crippen LogP contribution is 2.36. The van der Waals surface area contributed by atoms with Gasteiger partial charge in [-0.1, -0.05) is 54.1 Å². The number of methoxy groups -OCH3 is 1. The van der Waals surface area contributed by atoms with Gasteiger partial charge in [-0.15, -0.1) is 0 Å². The van der Waals surface area contributed by atoms with Crippen molar-refractivity contribution in [2.75, 3.05) is 26.8 Å². The Morgan fingerprint density at radius 3 is 2.51 bits per heavy atom. The second kappa shape index (κ2) is 11.7. The quantitative estimate of drug-likeness (QED) is 0.390. The number of hydrogen-bond acceptors (Lipinski definition) is 4. The first-order valence-corrected chi connectivity index (χ1v) is 12.4. The van der Waals surface area contributed by atoms with Gasteiger partial charge in [0, 0.05) is 25.1 Å². The third-order valence-electron chi connectivity index (χ3n) is 6.55. The third-order valence-corrected chi connectivity index (χ3v) is 6.90. The van der Waals surface area contributed by atoms with Gasteiger partial charge in [-0.25, -0.2) is 9.40 Å². The number of hydrazone groups is 1. The molecule has 3 aromatic carbocycles. The Hall–Kier alpha value is -3.55. The molecule has 8 heteroatoms. The topological polar surface area (TPSA) is 62.2 Å². The molecule has 1 aliphatic rings. The van der Waals surface area contributed by atoms with E-state index in [-0.39, 0.29) is 25.3 Å². The number of aryl methyl sites for hydroxylation is 2. The van der Waals surface area contributed by atoms with Crippen molar-refractivity contribution in [3.63, 3.8) is 0 Å². The summed E-state index contributed by atoms with van der Waals surface area (Å²) in [6.45, 7) is 4.09. The van der Waals surface area contributed by atoms with Crippen molar-refractivity contribution < 1.29 is 18.7 Å². The zero-order valence-electron chi connectivity index (χ0n) is 21.1. The highest BCUT2D eigenvalue weighted by Gasteiger charge is 2.35. The molecule has 1 aliphatic heterocycles. The van der Waals surface area contributed by atoms with Crippen molar-refractivity contribution in [2.24, 2.45) is 5.10 Å². The van der Waals surface area contributed by atoms with E-state index in [1.165, 1.54) is 40.8 Å². The summed E-state index contributed by atoms with van der Waals surface area (Å²) in [6, 6.07) is 18.7. The molecule has 3 aromatic rings. The largest absolute Gasteiger partial charge is 0.383 e. The molecule has 0 aromatic heterocycles. The summed E-state index contributed by atoms with van der Waals surface area (Å²) in [6.07, 6.45) is 0.470. The second-order valence-corrected chi connectivity index (χ2v) is 9.43. The summed E-state index contributed by atoms with van der Waals surface area (Å²) in [5.74, 6) is -1.63. The number of rotatable bonds is 8. The van der Waals surface area contributed by atoms with E-state index in [1.807, 2.05) is 44.2 Å². The predicted molar refractivity (Wildman–Crippen MR) is 142 cm³/mol. The van der Waals surface area contributed by atoms with Crippen LogP contribution in [0.4, 0.5) is 4.39 Å². The Kier molecular flexibility index (Phi) is 8.36. The van der Waals surface area contributed by atoms with Crippen LogP contribution in [0.15, 0.2) is 71.8 Å². The Morgan fingerprint density at radius 1 is 1.08 bits per heavy atom. The molecule has 0 saturated heterocycles. The van der Waals surface area contributed by atoms with E-state index in [0.717, 1.165) is 22.4 Å². The van der Waals surface area contributed by atoms with Gasteiger partial charge in [0.1, 0.15) is 12.4 Å². The lowest BCUT2D eigenvalue weighted by molar-refractivity contribution is -0.133. The normalized spacial score (nSPS) is 15.0. The molecular weight excluding hydrogens is 493 g/mol. The molecule has 0 saturated carbocycles. The summed E-state index contributed by atoms with van der Waals surface area (Å²) < 4.78 is 19.5. The van der Waals surface area contributed by atoms with Crippen molar-refractivity contribution >= 4 is 29.1 Å². The maximum atomic E-state index is 14.4. The summed E-state index contributed by atoms with van der Waals surface area (Å²) in [4.78, 5) is 28.2. The van der Waals surface area contributed by atoms with Gasteiger partial charge in [-0.2, -0.15) is 5.10 Å². The summed E-state index contributed by atoms with van der Waals surface area (Å²) in [5.41, 5.74) is 4.64. The fourth-order valence-corrected chi connectivity index (χ4v) is 4.58. The predicted octanol–water partition coefficient (Wildman–Crippen LogP) is 5.56. The van der Waals surface area contributed by atoms with Crippen LogP contribution in [0.25, 0.3) is 0 Å². The third kappa shape index (κ3) is 5.89. The monoisotopic (exact) mass is 521 g/mol. The van der Waals surface area contributed by atoms with Crippen molar-refractivity contribution in [1.29, 1.82) is 0 Å². The minimum absolute atomic E-state index is 0.102. The smallest absolute Gasteiger partial charge is 0.262 e. The molecule has 0 aliphatic carbocycles. The van der Waals surface area contributed by atoms with Gasteiger partial charge in [-0.3, -0.25) is 9.59 Å². The van der Waals surface area contributed by atoms with Gasteiger partial charge in [0.25, 0.3) is 11.8 Å². The highest BCUT2D eigenvalue weighted by atomic mass is 35.5. The van der Waals surface area contributed by atoms with Crippen LogP contribution >= 0.6 is 11.6 Å². The number of amides is 2. The van der Waals surface area contributed by atoms with Gasteiger partial charge in [0.05, 0.1) is 23.9 Å². The van der Waals surface area contributed by atoms with Crippen LogP contribution in [0, 0.1) is 19.7 Å². The molecule has 0 fully saturated rings.